The molecular weight excluding hydrogens is 283 g/mol. The summed E-state index contributed by atoms with van der Waals surface area (Å²) in [5.41, 5.74) is 2.86. The summed E-state index contributed by atoms with van der Waals surface area (Å²) in [6.07, 6.45) is 0.874. The Morgan fingerprint density at radius 1 is 1.16 bits per heavy atom. The first-order chi connectivity index (χ1) is 9.24. The summed E-state index contributed by atoms with van der Waals surface area (Å²) in [6.45, 7) is 1.63. The molecule has 98 valence electrons. The van der Waals surface area contributed by atoms with Crippen molar-refractivity contribution in [3.8, 4) is 0 Å². The molecule has 0 aliphatic carbocycles. The van der Waals surface area contributed by atoms with Crippen LogP contribution in [-0.2, 0) is 13.0 Å². The second-order valence-electron chi connectivity index (χ2n) is 4.30. The van der Waals surface area contributed by atoms with E-state index >= 15 is 0 Å². The third-order valence-corrected chi connectivity index (χ3v) is 3.54. The summed E-state index contributed by atoms with van der Waals surface area (Å²) in [6, 6.07) is 7.55. The largest absolute Gasteiger partial charge is 0.339 e. The van der Waals surface area contributed by atoms with Crippen molar-refractivity contribution in [3.63, 3.8) is 0 Å². The smallest absolute Gasteiger partial charge is 0.224 e. The average molecular weight is 295 g/mol. The van der Waals surface area contributed by atoms with Crippen molar-refractivity contribution in [1.82, 2.24) is 15.3 Å². The van der Waals surface area contributed by atoms with E-state index in [1.807, 2.05) is 24.3 Å². The number of hydrogen-bond donors (Lipinski definition) is 2. The number of nitrogens with one attached hydrogen (secondary N) is 2. The fourth-order valence-electron chi connectivity index (χ4n) is 2.12. The first-order valence-electron chi connectivity index (χ1n) is 6.01. The van der Waals surface area contributed by atoms with Crippen molar-refractivity contribution in [3.05, 3.63) is 45.8 Å². The van der Waals surface area contributed by atoms with E-state index in [0.717, 1.165) is 42.3 Å². The van der Waals surface area contributed by atoms with Crippen LogP contribution >= 0.6 is 23.2 Å². The van der Waals surface area contributed by atoms with Gasteiger partial charge in [0, 0.05) is 12.1 Å². The lowest BCUT2D eigenvalue weighted by Gasteiger charge is -2.20. The van der Waals surface area contributed by atoms with Gasteiger partial charge in [0.1, 0.15) is 5.82 Å². The van der Waals surface area contributed by atoms with Crippen molar-refractivity contribution in [2.45, 2.75) is 13.0 Å². The number of nitrogens with zero attached hydrogens (tertiary/aromatic N) is 2. The predicted molar refractivity (Wildman–Crippen MR) is 77.2 cm³/mol. The average Bonchev–Trinajstić information content (AvgIpc) is 2.41. The molecule has 1 aromatic heterocycles. The Morgan fingerprint density at radius 2 is 2.00 bits per heavy atom. The van der Waals surface area contributed by atoms with Gasteiger partial charge in [0.05, 0.1) is 16.4 Å². The van der Waals surface area contributed by atoms with Crippen molar-refractivity contribution in [1.29, 1.82) is 0 Å². The van der Waals surface area contributed by atoms with Crippen LogP contribution in [0, 0.1) is 0 Å². The Labute approximate surface area is 121 Å². The SMILES string of the molecule is Clc1nc2c(c(Nc3ccccc3Cl)n1)CCNC2. The first-order valence-corrected chi connectivity index (χ1v) is 6.77. The van der Waals surface area contributed by atoms with Crippen LogP contribution in [0.5, 0.6) is 0 Å². The number of para-hydroxylation sites is 1. The summed E-state index contributed by atoms with van der Waals surface area (Å²) in [7, 11) is 0. The van der Waals surface area contributed by atoms with Gasteiger partial charge in [-0.1, -0.05) is 23.7 Å². The van der Waals surface area contributed by atoms with Gasteiger partial charge < -0.3 is 10.6 Å². The predicted octanol–water partition coefficient (Wildman–Crippen LogP) is 3.17. The molecule has 4 nitrogen and oxygen atoms in total. The van der Waals surface area contributed by atoms with Gasteiger partial charge in [-0.3, -0.25) is 0 Å². The van der Waals surface area contributed by atoms with Gasteiger partial charge in [0.15, 0.2) is 0 Å². The quantitative estimate of drug-likeness (QED) is 0.836. The highest BCUT2D eigenvalue weighted by Crippen LogP contribution is 2.28. The minimum atomic E-state index is 0.247. The Bertz CT molecular complexity index is 616. The van der Waals surface area contributed by atoms with E-state index in [9.17, 15) is 0 Å². The maximum atomic E-state index is 6.15. The van der Waals surface area contributed by atoms with Crippen LogP contribution in [0.1, 0.15) is 11.3 Å². The van der Waals surface area contributed by atoms with Gasteiger partial charge in [0.25, 0.3) is 0 Å². The molecule has 0 bridgehead atoms. The normalized spacial score (nSPS) is 14.0. The molecule has 19 heavy (non-hydrogen) atoms. The number of anilines is 2. The highest BCUT2D eigenvalue weighted by atomic mass is 35.5. The lowest BCUT2D eigenvalue weighted by atomic mass is 10.1. The lowest BCUT2D eigenvalue weighted by molar-refractivity contribution is 0.625. The number of aromatic nitrogens is 2. The Balaban J connectivity index is 2.01. The van der Waals surface area contributed by atoms with Crippen molar-refractivity contribution in [2.24, 2.45) is 0 Å². The van der Waals surface area contributed by atoms with Gasteiger partial charge in [-0.2, -0.15) is 0 Å². The third-order valence-electron chi connectivity index (χ3n) is 3.04. The molecule has 0 fully saturated rings. The van der Waals surface area contributed by atoms with Crippen LogP contribution in [0.2, 0.25) is 10.3 Å². The number of benzene rings is 1. The summed E-state index contributed by atoms with van der Waals surface area (Å²) in [4.78, 5) is 8.54. The first kappa shape index (κ1) is 12.7. The second-order valence-corrected chi connectivity index (χ2v) is 5.04. The van der Waals surface area contributed by atoms with Crippen molar-refractivity contribution in [2.75, 3.05) is 11.9 Å². The summed E-state index contributed by atoms with van der Waals surface area (Å²) in [5, 5.41) is 7.41. The van der Waals surface area contributed by atoms with Crippen molar-refractivity contribution >= 4 is 34.7 Å². The number of fused-ring (bicyclic) bond motifs is 1. The Hall–Kier alpha value is -1.36. The van der Waals surface area contributed by atoms with E-state index in [1.54, 1.807) is 0 Å². The Kier molecular flexibility index (Phi) is 3.55. The van der Waals surface area contributed by atoms with Crippen molar-refractivity contribution < 1.29 is 0 Å². The van der Waals surface area contributed by atoms with Gasteiger partial charge in [-0.25, -0.2) is 9.97 Å². The third kappa shape index (κ3) is 2.66. The van der Waals surface area contributed by atoms with Gasteiger partial charge in [0.2, 0.25) is 5.28 Å². The van der Waals surface area contributed by atoms with Crippen LogP contribution in [0.3, 0.4) is 0 Å². The molecule has 3 rings (SSSR count). The highest BCUT2D eigenvalue weighted by Gasteiger charge is 2.17. The lowest BCUT2D eigenvalue weighted by Crippen LogP contribution is -2.26. The van der Waals surface area contributed by atoms with E-state index in [1.165, 1.54) is 0 Å². The second kappa shape index (κ2) is 5.33. The molecule has 0 unspecified atom stereocenters. The molecule has 1 aliphatic rings. The zero-order chi connectivity index (χ0) is 13.2. The molecule has 0 saturated carbocycles. The molecule has 0 saturated heterocycles. The monoisotopic (exact) mass is 294 g/mol. The molecule has 1 aromatic carbocycles. The molecule has 1 aliphatic heterocycles. The number of halogens is 2. The maximum absolute atomic E-state index is 6.15. The topological polar surface area (TPSA) is 49.8 Å². The molecule has 0 radical (unpaired) electrons. The standard InChI is InChI=1S/C13H12Cl2N4/c14-9-3-1-2-4-10(9)17-12-8-5-6-16-7-11(8)18-13(15)19-12/h1-4,16H,5-7H2,(H,17,18,19). The summed E-state index contributed by atoms with van der Waals surface area (Å²) < 4.78 is 0. The van der Waals surface area contributed by atoms with Gasteiger partial charge in [-0.15, -0.1) is 0 Å². The number of rotatable bonds is 2. The Morgan fingerprint density at radius 3 is 2.84 bits per heavy atom. The minimum absolute atomic E-state index is 0.247. The zero-order valence-electron chi connectivity index (χ0n) is 10.1. The van der Waals surface area contributed by atoms with Crippen LogP contribution in [-0.4, -0.2) is 16.5 Å². The van der Waals surface area contributed by atoms with E-state index in [4.69, 9.17) is 23.2 Å². The van der Waals surface area contributed by atoms with E-state index in [2.05, 4.69) is 20.6 Å². The molecular formula is C13H12Cl2N4. The fraction of sp³-hybridized carbons (Fsp3) is 0.231. The van der Waals surface area contributed by atoms with Crippen LogP contribution in [0.25, 0.3) is 0 Å². The summed E-state index contributed by atoms with van der Waals surface area (Å²) >= 11 is 12.1. The van der Waals surface area contributed by atoms with Gasteiger partial charge in [-0.05, 0) is 36.7 Å². The molecule has 2 N–H and O–H groups in total. The summed E-state index contributed by atoms with van der Waals surface area (Å²) in [5.74, 6) is 0.740. The highest BCUT2D eigenvalue weighted by molar-refractivity contribution is 6.33. The molecule has 0 spiro atoms. The fourth-order valence-corrected chi connectivity index (χ4v) is 2.49. The van der Waals surface area contributed by atoms with Crippen LogP contribution in [0.15, 0.2) is 24.3 Å². The van der Waals surface area contributed by atoms with E-state index < -0.39 is 0 Å². The molecule has 0 atom stereocenters. The molecule has 0 amide bonds. The maximum Gasteiger partial charge on any atom is 0.224 e. The zero-order valence-corrected chi connectivity index (χ0v) is 11.6. The van der Waals surface area contributed by atoms with Gasteiger partial charge >= 0.3 is 0 Å². The molecule has 2 aromatic rings. The minimum Gasteiger partial charge on any atom is -0.339 e. The molecule has 2 heterocycles. The van der Waals surface area contributed by atoms with E-state index in [0.29, 0.717) is 5.02 Å². The van der Waals surface area contributed by atoms with E-state index in [-0.39, 0.29) is 5.28 Å². The van der Waals surface area contributed by atoms with Crippen LogP contribution in [0.4, 0.5) is 11.5 Å². The molecule has 6 heteroatoms. The number of hydrogen-bond acceptors (Lipinski definition) is 4. The van der Waals surface area contributed by atoms with Crippen LogP contribution < -0.4 is 10.6 Å².